The van der Waals surface area contributed by atoms with Crippen LogP contribution < -0.4 is 5.32 Å². The summed E-state index contributed by atoms with van der Waals surface area (Å²) in [5.41, 5.74) is 1.12. The molecule has 2 rings (SSSR count). The highest BCUT2D eigenvalue weighted by Crippen LogP contribution is 2.33. The maximum atomic E-state index is 6.04. The van der Waals surface area contributed by atoms with Crippen LogP contribution in [0.5, 0.6) is 0 Å². The molecule has 0 aliphatic heterocycles. The maximum absolute atomic E-state index is 6.04. The van der Waals surface area contributed by atoms with Crippen LogP contribution in [-0.4, -0.2) is 6.04 Å². The Morgan fingerprint density at radius 3 is 2.50 bits per heavy atom. The van der Waals surface area contributed by atoms with Crippen molar-refractivity contribution in [2.75, 3.05) is 5.32 Å². The predicted octanol–water partition coefficient (Wildman–Crippen LogP) is 5.73. The Labute approximate surface area is 123 Å². The summed E-state index contributed by atoms with van der Waals surface area (Å²) in [5.74, 6) is 1.73. The molecule has 1 fully saturated rings. The largest absolute Gasteiger partial charge is 0.381 e. The van der Waals surface area contributed by atoms with Gasteiger partial charge in [-0.25, -0.2) is 0 Å². The molecule has 1 nitrogen and oxygen atoms in total. The van der Waals surface area contributed by atoms with E-state index >= 15 is 0 Å². The summed E-state index contributed by atoms with van der Waals surface area (Å²) < 4.78 is 1.10. The van der Waals surface area contributed by atoms with Crippen LogP contribution in [0.3, 0.4) is 0 Å². The topological polar surface area (TPSA) is 12.0 Å². The summed E-state index contributed by atoms with van der Waals surface area (Å²) in [7, 11) is 0. The first kappa shape index (κ1) is 14.2. The molecular weight excluding hydrogens is 310 g/mol. The molecule has 0 bridgehead atoms. The maximum Gasteiger partial charge on any atom is 0.0501 e. The van der Waals surface area contributed by atoms with E-state index in [-0.39, 0.29) is 0 Å². The van der Waals surface area contributed by atoms with Crippen LogP contribution in [0.25, 0.3) is 0 Å². The molecule has 0 saturated heterocycles. The summed E-state index contributed by atoms with van der Waals surface area (Å²) in [6.07, 6.45) is 5.21. The number of hydrogen-bond donors (Lipinski definition) is 1. The first-order chi connectivity index (χ1) is 8.56. The first-order valence-corrected chi connectivity index (χ1v) is 7.95. The molecule has 0 aromatic heterocycles. The minimum absolute atomic E-state index is 0.592. The van der Waals surface area contributed by atoms with Gasteiger partial charge in [-0.2, -0.15) is 0 Å². The van der Waals surface area contributed by atoms with Crippen LogP contribution in [0.2, 0.25) is 5.02 Å². The quantitative estimate of drug-likeness (QED) is 0.746. The van der Waals surface area contributed by atoms with Gasteiger partial charge in [-0.05, 0) is 71.6 Å². The van der Waals surface area contributed by atoms with E-state index in [1.54, 1.807) is 0 Å². The van der Waals surface area contributed by atoms with E-state index in [1.807, 2.05) is 18.2 Å². The van der Waals surface area contributed by atoms with Crippen LogP contribution in [0, 0.1) is 11.8 Å². The number of rotatable bonds is 3. The van der Waals surface area contributed by atoms with Gasteiger partial charge in [-0.3, -0.25) is 0 Å². The molecule has 1 aliphatic carbocycles. The number of halogens is 2. The fourth-order valence-electron chi connectivity index (χ4n) is 2.76. The van der Waals surface area contributed by atoms with Crippen LogP contribution in [0.1, 0.15) is 39.5 Å². The molecule has 0 unspecified atom stereocenters. The molecule has 1 aromatic rings. The van der Waals surface area contributed by atoms with E-state index in [9.17, 15) is 0 Å². The third-order valence-electron chi connectivity index (χ3n) is 4.00. The molecule has 1 aliphatic rings. The number of hydrogen-bond acceptors (Lipinski definition) is 1. The minimum atomic E-state index is 0.592. The summed E-state index contributed by atoms with van der Waals surface area (Å²) in [6, 6.07) is 6.51. The molecule has 0 radical (unpaired) electrons. The van der Waals surface area contributed by atoms with E-state index in [2.05, 4.69) is 35.1 Å². The molecule has 1 aromatic carbocycles. The zero-order valence-corrected chi connectivity index (χ0v) is 13.4. The molecule has 0 atom stereocenters. The van der Waals surface area contributed by atoms with Crippen molar-refractivity contribution in [2.24, 2.45) is 11.8 Å². The zero-order chi connectivity index (χ0) is 13.1. The van der Waals surface area contributed by atoms with E-state index < -0.39 is 0 Å². The van der Waals surface area contributed by atoms with E-state index in [1.165, 1.54) is 25.7 Å². The van der Waals surface area contributed by atoms with Crippen molar-refractivity contribution >= 4 is 33.2 Å². The van der Waals surface area contributed by atoms with E-state index in [0.29, 0.717) is 6.04 Å². The Balaban J connectivity index is 1.93. The summed E-state index contributed by atoms with van der Waals surface area (Å²) >= 11 is 9.61. The average molecular weight is 331 g/mol. The van der Waals surface area contributed by atoms with Gasteiger partial charge < -0.3 is 5.32 Å². The standard InChI is InChI=1S/C15H21BrClN/c1-10(2)11-3-6-13(7-4-11)18-15-9-12(17)5-8-14(15)16/h5,8-11,13,18H,3-4,6-7H2,1-2H3. The minimum Gasteiger partial charge on any atom is -0.381 e. The molecule has 1 saturated carbocycles. The van der Waals surface area contributed by atoms with Crippen molar-refractivity contribution in [3.63, 3.8) is 0 Å². The summed E-state index contributed by atoms with van der Waals surface area (Å²) in [5, 5.41) is 4.41. The molecule has 0 spiro atoms. The summed E-state index contributed by atoms with van der Waals surface area (Å²) in [4.78, 5) is 0. The van der Waals surface area contributed by atoms with Crippen LogP contribution in [-0.2, 0) is 0 Å². The lowest BCUT2D eigenvalue weighted by Gasteiger charge is -2.32. The highest BCUT2D eigenvalue weighted by Gasteiger charge is 2.23. The first-order valence-electron chi connectivity index (χ1n) is 6.78. The Morgan fingerprint density at radius 2 is 1.89 bits per heavy atom. The van der Waals surface area contributed by atoms with Crippen molar-refractivity contribution < 1.29 is 0 Å². The number of anilines is 1. The van der Waals surface area contributed by atoms with Crippen LogP contribution in [0.4, 0.5) is 5.69 Å². The molecule has 1 N–H and O–H groups in total. The van der Waals surface area contributed by atoms with Gasteiger partial charge in [0.15, 0.2) is 0 Å². The second-order valence-corrected chi connectivity index (χ2v) is 6.91. The Morgan fingerprint density at radius 1 is 1.22 bits per heavy atom. The second-order valence-electron chi connectivity index (χ2n) is 5.62. The fraction of sp³-hybridized carbons (Fsp3) is 0.600. The third-order valence-corrected chi connectivity index (χ3v) is 4.93. The van der Waals surface area contributed by atoms with Gasteiger partial charge in [0, 0.05) is 15.5 Å². The van der Waals surface area contributed by atoms with Gasteiger partial charge in [0.25, 0.3) is 0 Å². The Hall–Kier alpha value is -0.210. The molecule has 3 heteroatoms. The monoisotopic (exact) mass is 329 g/mol. The molecule has 0 heterocycles. The third kappa shape index (κ3) is 3.64. The van der Waals surface area contributed by atoms with Gasteiger partial charge in [-0.1, -0.05) is 25.4 Å². The molecule has 100 valence electrons. The fourth-order valence-corrected chi connectivity index (χ4v) is 3.29. The normalized spacial score (nSPS) is 24.3. The number of nitrogens with one attached hydrogen (secondary N) is 1. The van der Waals surface area contributed by atoms with Crippen molar-refractivity contribution in [2.45, 2.75) is 45.6 Å². The Kier molecular flexibility index (Phi) is 4.97. The second kappa shape index (κ2) is 6.29. The zero-order valence-electron chi connectivity index (χ0n) is 11.0. The smallest absolute Gasteiger partial charge is 0.0501 e. The van der Waals surface area contributed by atoms with Gasteiger partial charge in [-0.15, -0.1) is 0 Å². The Bertz CT molecular complexity index is 397. The van der Waals surface area contributed by atoms with Gasteiger partial charge >= 0.3 is 0 Å². The lowest BCUT2D eigenvalue weighted by atomic mass is 9.79. The molecule has 18 heavy (non-hydrogen) atoms. The molecular formula is C15H21BrClN. The van der Waals surface area contributed by atoms with Crippen molar-refractivity contribution in [3.05, 3.63) is 27.7 Å². The van der Waals surface area contributed by atoms with Gasteiger partial charge in [0.05, 0.1) is 5.69 Å². The van der Waals surface area contributed by atoms with Crippen molar-refractivity contribution in [3.8, 4) is 0 Å². The lowest BCUT2D eigenvalue weighted by Crippen LogP contribution is -2.28. The van der Waals surface area contributed by atoms with Crippen LogP contribution >= 0.6 is 27.5 Å². The number of benzene rings is 1. The van der Waals surface area contributed by atoms with E-state index in [4.69, 9.17) is 11.6 Å². The van der Waals surface area contributed by atoms with E-state index in [0.717, 1.165) is 27.0 Å². The predicted molar refractivity (Wildman–Crippen MR) is 83.4 cm³/mol. The van der Waals surface area contributed by atoms with Crippen LogP contribution in [0.15, 0.2) is 22.7 Å². The van der Waals surface area contributed by atoms with Crippen molar-refractivity contribution in [1.82, 2.24) is 0 Å². The molecule has 0 amide bonds. The summed E-state index contributed by atoms with van der Waals surface area (Å²) in [6.45, 7) is 4.68. The van der Waals surface area contributed by atoms with Gasteiger partial charge in [0.1, 0.15) is 0 Å². The average Bonchev–Trinajstić information content (AvgIpc) is 2.34. The highest BCUT2D eigenvalue weighted by molar-refractivity contribution is 9.10. The SMILES string of the molecule is CC(C)C1CCC(Nc2cc(Cl)ccc2Br)CC1. The highest BCUT2D eigenvalue weighted by atomic mass is 79.9. The van der Waals surface area contributed by atoms with Crippen molar-refractivity contribution in [1.29, 1.82) is 0 Å². The van der Waals surface area contributed by atoms with Gasteiger partial charge in [0.2, 0.25) is 0 Å². The lowest BCUT2D eigenvalue weighted by molar-refractivity contribution is 0.267.